The standard InChI is InChI=1S/C20H32ClFN4O3/c1-12-13(7-26(2)25-12)6-23-18(28)19-9-20(10-19,11-19)24-17(27)8-29-14-3-4-15(21)16(22)5-14/h12-16,25H,3-11H2,1-2H3,(H,23,28)(H,24,27). The number of carbonyl (C=O) groups excluding carboxylic acids is 2. The molecule has 1 heterocycles. The summed E-state index contributed by atoms with van der Waals surface area (Å²) in [6.07, 6.45) is 2.27. The number of nitrogens with one attached hydrogen (secondary N) is 3. The van der Waals surface area contributed by atoms with Crippen LogP contribution in [0.4, 0.5) is 4.39 Å². The first kappa shape index (κ1) is 21.3. The molecule has 5 unspecified atom stereocenters. The van der Waals surface area contributed by atoms with Gasteiger partial charge < -0.3 is 15.4 Å². The van der Waals surface area contributed by atoms with Crippen LogP contribution in [0.2, 0.25) is 0 Å². The van der Waals surface area contributed by atoms with Crippen molar-refractivity contribution in [2.24, 2.45) is 11.3 Å². The predicted octanol–water partition coefficient (Wildman–Crippen LogP) is 1.11. The third-order valence-corrected chi connectivity index (χ3v) is 7.67. The van der Waals surface area contributed by atoms with E-state index in [0.29, 0.717) is 50.6 Å². The molecule has 2 amide bonds. The maximum Gasteiger partial charge on any atom is 0.246 e. The van der Waals surface area contributed by atoms with Gasteiger partial charge in [0.05, 0.1) is 16.9 Å². The lowest BCUT2D eigenvalue weighted by molar-refractivity contribution is -0.185. The third-order valence-electron chi connectivity index (χ3n) is 7.18. The van der Waals surface area contributed by atoms with Crippen LogP contribution < -0.4 is 16.1 Å². The van der Waals surface area contributed by atoms with Gasteiger partial charge in [0.25, 0.3) is 0 Å². The van der Waals surface area contributed by atoms with Crippen LogP contribution in [-0.2, 0) is 14.3 Å². The molecule has 0 aromatic rings. The second kappa shape index (κ2) is 7.94. The number of rotatable bonds is 7. The number of amides is 2. The minimum Gasteiger partial charge on any atom is -0.368 e. The van der Waals surface area contributed by atoms with Crippen LogP contribution in [-0.4, -0.2) is 72.8 Å². The molecule has 1 aliphatic heterocycles. The highest BCUT2D eigenvalue weighted by Gasteiger charge is 2.72. The lowest BCUT2D eigenvalue weighted by atomic mass is 9.39. The molecular weight excluding hydrogens is 399 g/mol. The number of halogens is 2. The second-order valence-corrected chi connectivity index (χ2v) is 10.2. The van der Waals surface area contributed by atoms with Gasteiger partial charge in [-0.1, -0.05) is 0 Å². The van der Waals surface area contributed by atoms with E-state index in [0.717, 1.165) is 6.54 Å². The fraction of sp³-hybridized carbons (Fsp3) is 0.900. The largest absolute Gasteiger partial charge is 0.368 e. The SMILES string of the molecule is CC1NN(C)CC1CNC(=O)C12CC(NC(=O)COC3CCC(Cl)C(F)C3)(C1)C2. The zero-order valence-electron chi connectivity index (χ0n) is 17.2. The molecule has 0 aromatic heterocycles. The molecule has 4 aliphatic carbocycles. The van der Waals surface area contributed by atoms with Gasteiger partial charge in [-0.25, -0.2) is 9.40 Å². The Labute approximate surface area is 176 Å². The molecule has 5 aliphatic rings. The molecule has 5 rings (SSSR count). The van der Waals surface area contributed by atoms with Crippen LogP contribution in [0, 0.1) is 11.3 Å². The van der Waals surface area contributed by atoms with Crippen LogP contribution in [0.15, 0.2) is 0 Å². The molecule has 164 valence electrons. The van der Waals surface area contributed by atoms with Crippen LogP contribution >= 0.6 is 11.6 Å². The first-order valence-corrected chi connectivity index (χ1v) is 11.1. The van der Waals surface area contributed by atoms with E-state index in [1.807, 2.05) is 7.05 Å². The van der Waals surface area contributed by atoms with E-state index in [1.54, 1.807) is 0 Å². The Bertz CT molecular complexity index is 646. The average molecular weight is 431 g/mol. The molecule has 0 aromatic carbocycles. The molecule has 2 bridgehead atoms. The van der Waals surface area contributed by atoms with Crippen molar-refractivity contribution in [3.8, 4) is 0 Å². The summed E-state index contributed by atoms with van der Waals surface area (Å²) in [5, 5.41) is 7.76. The van der Waals surface area contributed by atoms with E-state index in [1.165, 1.54) is 0 Å². The van der Waals surface area contributed by atoms with Crippen molar-refractivity contribution in [3.05, 3.63) is 0 Å². The van der Waals surface area contributed by atoms with Gasteiger partial charge >= 0.3 is 0 Å². The molecule has 0 radical (unpaired) electrons. The minimum atomic E-state index is -1.07. The monoisotopic (exact) mass is 430 g/mol. The van der Waals surface area contributed by atoms with Crippen molar-refractivity contribution in [2.75, 3.05) is 26.7 Å². The summed E-state index contributed by atoms with van der Waals surface area (Å²) in [5.74, 6) is 0.328. The molecule has 1 saturated heterocycles. The normalized spacial score (nSPS) is 43.9. The molecule has 5 fully saturated rings. The van der Waals surface area contributed by atoms with Gasteiger partial charge in [-0.05, 0) is 39.0 Å². The maximum absolute atomic E-state index is 13.7. The first-order valence-electron chi connectivity index (χ1n) is 10.7. The third kappa shape index (κ3) is 4.27. The van der Waals surface area contributed by atoms with Gasteiger partial charge in [0.1, 0.15) is 12.8 Å². The van der Waals surface area contributed by atoms with Gasteiger partial charge in [0.15, 0.2) is 0 Å². The fourth-order valence-corrected chi connectivity index (χ4v) is 5.78. The van der Waals surface area contributed by atoms with E-state index in [-0.39, 0.29) is 41.9 Å². The van der Waals surface area contributed by atoms with Gasteiger partial charge in [-0.15, -0.1) is 11.6 Å². The summed E-state index contributed by atoms with van der Waals surface area (Å²) < 4.78 is 19.2. The molecule has 5 atom stereocenters. The zero-order valence-corrected chi connectivity index (χ0v) is 17.9. The Hall–Kier alpha value is -0.960. The Morgan fingerprint density at radius 2 is 2.03 bits per heavy atom. The summed E-state index contributed by atoms with van der Waals surface area (Å²) in [4.78, 5) is 24.9. The minimum absolute atomic E-state index is 0.0641. The van der Waals surface area contributed by atoms with Crippen LogP contribution in [0.25, 0.3) is 0 Å². The molecule has 0 spiro atoms. The lowest BCUT2D eigenvalue weighted by Crippen LogP contribution is -2.78. The molecule has 9 heteroatoms. The highest BCUT2D eigenvalue weighted by atomic mass is 35.5. The first-order chi connectivity index (χ1) is 13.7. The van der Waals surface area contributed by atoms with Gasteiger partial charge in [-0.3, -0.25) is 15.0 Å². The van der Waals surface area contributed by atoms with Crippen molar-refractivity contribution in [2.45, 2.75) is 74.7 Å². The molecule has 7 nitrogen and oxygen atoms in total. The summed E-state index contributed by atoms with van der Waals surface area (Å²) in [6, 6.07) is 0.353. The van der Waals surface area contributed by atoms with E-state index in [4.69, 9.17) is 16.3 Å². The highest BCUT2D eigenvalue weighted by molar-refractivity contribution is 6.21. The topological polar surface area (TPSA) is 82.7 Å². The zero-order chi connectivity index (χ0) is 20.8. The highest BCUT2D eigenvalue weighted by Crippen LogP contribution is 2.67. The van der Waals surface area contributed by atoms with Crippen LogP contribution in [0.1, 0.15) is 45.4 Å². The summed E-state index contributed by atoms with van der Waals surface area (Å²) >= 11 is 5.88. The number of nitrogens with zero attached hydrogens (tertiary/aromatic N) is 1. The van der Waals surface area contributed by atoms with Crippen molar-refractivity contribution < 1.29 is 18.7 Å². The van der Waals surface area contributed by atoms with E-state index < -0.39 is 11.5 Å². The van der Waals surface area contributed by atoms with Gasteiger partial charge in [0, 0.05) is 44.1 Å². The number of carbonyl (C=O) groups is 2. The predicted molar refractivity (Wildman–Crippen MR) is 107 cm³/mol. The van der Waals surface area contributed by atoms with Gasteiger partial charge in [0.2, 0.25) is 11.8 Å². The second-order valence-electron chi connectivity index (χ2n) is 9.69. The smallest absolute Gasteiger partial charge is 0.246 e. The van der Waals surface area contributed by atoms with Crippen LogP contribution in [0.3, 0.4) is 0 Å². The number of hydrogen-bond donors (Lipinski definition) is 3. The summed E-state index contributed by atoms with van der Waals surface area (Å²) in [7, 11) is 2.01. The Balaban J connectivity index is 1.14. The lowest BCUT2D eigenvalue weighted by Gasteiger charge is -2.69. The Kier molecular flexibility index (Phi) is 5.83. The average Bonchev–Trinajstić information content (AvgIpc) is 2.93. The summed E-state index contributed by atoms with van der Waals surface area (Å²) in [6.45, 7) is 3.66. The van der Waals surface area contributed by atoms with Crippen molar-refractivity contribution in [1.29, 1.82) is 0 Å². The van der Waals surface area contributed by atoms with E-state index in [2.05, 4.69) is 28.0 Å². The molecular formula is C20H32ClFN4O3. The fourth-order valence-electron chi connectivity index (χ4n) is 5.55. The Morgan fingerprint density at radius 1 is 1.31 bits per heavy atom. The van der Waals surface area contributed by atoms with E-state index in [9.17, 15) is 14.0 Å². The molecule has 3 N–H and O–H groups in total. The van der Waals surface area contributed by atoms with E-state index >= 15 is 0 Å². The molecule has 29 heavy (non-hydrogen) atoms. The number of hydrogen-bond acceptors (Lipinski definition) is 5. The van der Waals surface area contributed by atoms with Crippen molar-refractivity contribution >= 4 is 23.4 Å². The molecule has 4 saturated carbocycles. The van der Waals surface area contributed by atoms with Crippen molar-refractivity contribution in [3.63, 3.8) is 0 Å². The van der Waals surface area contributed by atoms with Crippen molar-refractivity contribution in [1.82, 2.24) is 21.1 Å². The quantitative estimate of drug-likeness (QED) is 0.527. The number of alkyl halides is 2. The maximum atomic E-state index is 13.7. The number of ether oxygens (including phenoxy) is 1. The van der Waals surface area contributed by atoms with Gasteiger partial charge in [-0.2, -0.15) is 0 Å². The number of hydrazine groups is 1. The Morgan fingerprint density at radius 3 is 2.66 bits per heavy atom. The van der Waals surface area contributed by atoms with Crippen LogP contribution in [0.5, 0.6) is 0 Å². The summed E-state index contributed by atoms with van der Waals surface area (Å²) in [5.41, 5.74) is 2.77.